The fourth-order valence-corrected chi connectivity index (χ4v) is 2.12. The number of halogens is 2. The monoisotopic (exact) mass is 296 g/mol. The molecule has 2 aromatic rings. The van der Waals surface area contributed by atoms with E-state index in [1.165, 1.54) is 0 Å². The van der Waals surface area contributed by atoms with Crippen molar-refractivity contribution < 1.29 is 14.6 Å². The number of ether oxygens (including phenoxy) is 1. The van der Waals surface area contributed by atoms with Crippen molar-refractivity contribution in [3.8, 4) is 11.5 Å². The molecule has 0 aliphatic heterocycles. The van der Waals surface area contributed by atoms with Crippen LogP contribution in [0.3, 0.4) is 0 Å². The molecule has 0 fully saturated rings. The zero-order valence-corrected chi connectivity index (χ0v) is 11.3. The molecule has 0 aromatic heterocycles. The Morgan fingerprint density at radius 3 is 2.37 bits per heavy atom. The molecule has 98 valence electrons. The second kappa shape index (κ2) is 5.95. The van der Waals surface area contributed by atoms with Gasteiger partial charge in [0.15, 0.2) is 0 Å². The smallest absolute Gasteiger partial charge is 0.307 e. The van der Waals surface area contributed by atoms with Gasteiger partial charge in [-0.25, -0.2) is 0 Å². The Morgan fingerprint density at radius 1 is 1.05 bits per heavy atom. The van der Waals surface area contributed by atoms with Gasteiger partial charge in [-0.3, -0.25) is 4.79 Å². The maximum Gasteiger partial charge on any atom is 0.307 e. The van der Waals surface area contributed by atoms with E-state index in [9.17, 15) is 4.79 Å². The van der Waals surface area contributed by atoms with Crippen molar-refractivity contribution in [2.45, 2.75) is 6.42 Å². The van der Waals surface area contributed by atoms with Gasteiger partial charge in [-0.2, -0.15) is 0 Å². The van der Waals surface area contributed by atoms with Crippen molar-refractivity contribution in [2.24, 2.45) is 0 Å². The number of carbonyl (C=O) groups is 1. The Hall–Kier alpha value is -1.71. The van der Waals surface area contributed by atoms with E-state index in [4.69, 9.17) is 33.0 Å². The summed E-state index contributed by atoms with van der Waals surface area (Å²) in [4.78, 5) is 10.7. The third-order valence-corrected chi connectivity index (χ3v) is 2.76. The average molecular weight is 297 g/mol. The van der Waals surface area contributed by atoms with E-state index in [0.717, 1.165) is 0 Å². The summed E-state index contributed by atoms with van der Waals surface area (Å²) >= 11 is 11.7. The fourth-order valence-electron chi connectivity index (χ4n) is 1.62. The van der Waals surface area contributed by atoms with E-state index < -0.39 is 5.97 Å². The van der Waals surface area contributed by atoms with Gasteiger partial charge in [0.2, 0.25) is 0 Å². The predicted molar refractivity (Wildman–Crippen MR) is 74.3 cm³/mol. The standard InChI is InChI=1S/C14H10Cl2O3/c15-10-6-11(16)8-13(7-10)19-12-3-1-2-9(4-12)5-14(17)18/h1-4,6-8H,5H2,(H,17,18). The summed E-state index contributed by atoms with van der Waals surface area (Å²) in [5, 5.41) is 9.70. The summed E-state index contributed by atoms with van der Waals surface area (Å²) in [7, 11) is 0. The molecule has 0 heterocycles. The number of aliphatic carboxylic acids is 1. The summed E-state index contributed by atoms with van der Waals surface area (Å²) in [6.07, 6.45) is -0.0481. The third-order valence-electron chi connectivity index (χ3n) is 2.33. The molecular weight excluding hydrogens is 287 g/mol. The molecule has 0 unspecified atom stereocenters. The van der Waals surface area contributed by atoms with Gasteiger partial charge in [-0.1, -0.05) is 35.3 Å². The van der Waals surface area contributed by atoms with Crippen LogP contribution in [0.1, 0.15) is 5.56 Å². The lowest BCUT2D eigenvalue weighted by atomic mass is 10.1. The van der Waals surface area contributed by atoms with Crippen molar-refractivity contribution in [2.75, 3.05) is 0 Å². The molecule has 19 heavy (non-hydrogen) atoms. The van der Waals surface area contributed by atoms with Crippen LogP contribution in [0.5, 0.6) is 11.5 Å². The number of hydrogen-bond donors (Lipinski definition) is 1. The minimum atomic E-state index is -0.886. The molecule has 0 aliphatic rings. The molecule has 0 radical (unpaired) electrons. The topological polar surface area (TPSA) is 46.5 Å². The Labute approximate surface area is 120 Å². The van der Waals surface area contributed by atoms with E-state index in [0.29, 0.717) is 27.1 Å². The highest BCUT2D eigenvalue weighted by molar-refractivity contribution is 6.34. The van der Waals surface area contributed by atoms with Crippen LogP contribution in [0.4, 0.5) is 0 Å². The number of benzene rings is 2. The highest BCUT2D eigenvalue weighted by Gasteiger charge is 2.04. The minimum Gasteiger partial charge on any atom is -0.481 e. The Kier molecular flexibility index (Phi) is 4.30. The maximum absolute atomic E-state index is 10.7. The molecule has 0 atom stereocenters. The van der Waals surface area contributed by atoms with Crippen LogP contribution < -0.4 is 4.74 Å². The molecule has 0 aliphatic carbocycles. The lowest BCUT2D eigenvalue weighted by Gasteiger charge is -2.08. The molecule has 1 N–H and O–H groups in total. The van der Waals surface area contributed by atoms with Crippen LogP contribution in [-0.2, 0) is 11.2 Å². The van der Waals surface area contributed by atoms with Gasteiger partial charge in [0.1, 0.15) is 11.5 Å². The third kappa shape index (κ3) is 4.16. The van der Waals surface area contributed by atoms with E-state index in [1.54, 1.807) is 42.5 Å². The lowest BCUT2D eigenvalue weighted by Crippen LogP contribution is -1.99. The van der Waals surface area contributed by atoms with Crippen LogP contribution >= 0.6 is 23.2 Å². The molecule has 5 heteroatoms. The van der Waals surface area contributed by atoms with Crippen molar-refractivity contribution in [3.05, 3.63) is 58.1 Å². The molecular formula is C14H10Cl2O3. The van der Waals surface area contributed by atoms with Crippen LogP contribution in [0.2, 0.25) is 10.0 Å². The van der Waals surface area contributed by atoms with Gasteiger partial charge in [0, 0.05) is 10.0 Å². The predicted octanol–water partition coefficient (Wildman–Crippen LogP) is 4.41. The number of hydrogen-bond acceptors (Lipinski definition) is 2. The number of carboxylic acid groups (broad SMARTS) is 1. The first kappa shape index (κ1) is 13.7. The quantitative estimate of drug-likeness (QED) is 0.909. The van der Waals surface area contributed by atoms with E-state index in [2.05, 4.69) is 0 Å². The van der Waals surface area contributed by atoms with Gasteiger partial charge < -0.3 is 9.84 Å². The molecule has 0 saturated carbocycles. The largest absolute Gasteiger partial charge is 0.481 e. The fraction of sp³-hybridized carbons (Fsp3) is 0.0714. The van der Waals surface area contributed by atoms with Gasteiger partial charge in [0.25, 0.3) is 0 Å². The molecule has 2 rings (SSSR count). The van der Waals surface area contributed by atoms with Crippen LogP contribution in [-0.4, -0.2) is 11.1 Å². The first-order valence-corrected chi connectivity index (χ1v) is 6.23. The lowest BCUT2D eigenvalue weighted by molar-refractivity contribution is -0.136. The molecule has 0 saturated heterocycles. The van der Waals surface area contributed by atoms with Gasteiger partial charge in [-0.05, 0) is 35.9 Å². The Balaban J connectivity index is 2.20. The summed E-state index contributed by atoms with van der Waals surface area (Å²) in [5.41, 5.74) is 0.665. The van der Waals surface area contributed by atoms with Gasteiger partial charge >= 0.3 is 5.97 Å². The first-order valence-electron chi connectivity index (χ1n) is 5.47. The Morgan fingerprint density at radius 2 is 1.74 bits per heavy atom. The summed E-state index contributed by atoms with van der Waals surface area (Å²) < 4.78 is 5.60. The zero-order valence-electron chi connectivity index (χ0n) is 9.77. The highest BCUT2D eigenvalue weighted by Crippen LogP contribution is 2.28. The molecule has 3 nitrogen and oxygen atoms in total. The van der Waals surface area contributed by atoms with Crippen molar-refractivity contribution in [1.29, 1.82) is 0 Å². The minimum absolute atomic E-state index is 0.0481. The SMILES string of the molecule is O=C(O)Cc1cccc(Oc2cc(Cl)cc(Cl)c2)c1. The number of carboxylic acids is 1. The normalized spacial score (nSPS) is 10.2. The van der Waals surface area contributed by atoms with Crippen molar-refractivity contribution in [3.63, 3.8) is 0 Å². The maximum atomic E-state index is 10.7. The van der Waals surface area contributed by atoms with E-state index in [1.807, 2.05) is 0 Å². The van der Waals surface area contributed by atoms with Crippen molar-refractivity contribution in [1.82, 2.24) is 0 Å². The van der Waals surface area contributed by atoms with Crippen LogP contribution in [0.25, 0.3) is 0 Å². The number of rotatable bonds is 4. The van der Waals surface area contributed by atoms with E-state index in [-0.39, 0.29) is 6.42 Å². The van der Waals surface area contributed by atoms with Crippen LogP contribution in [0, 0.1) is 0 Å². The molecule has 2 aromatic carbocycles. The van der Waals surface area contributed by atoms with E-state index >= 15 is 0 Å². The van der Waals surface area contributed by atoms with Crippen LogP contribution in [0.15, 0.2) is 42.5 Å². The summed E-state index contributed by atoms with van der Waals surface area (Å²) in [6.45, 7) is 0. The summed E-state index contributed by atoms with van der Waals surface area (Å²) in [5.74, 6) is 0.157. The van der Waals surface area contributed by atoms with Gasteiger partial charge in [0.05, 0.1) is 6.42 Å². The van der Waals surface area contributed by atoms with Gasteiger partial charge in [-0.15, -0.1) is 0 Å². The second-order valence-corrected chi connectivity index (χ2v) is 4.80. The molecule has 0 bridgehead atoms. The van der Waals surface area contributed by atoms with Crippen molar-refractivity contribution >= 4 is 29.2 Å². The second-order valence-electron chi connectivity index (χ2n) is 3.93. The molecule has 0 amide bonds. The Bertz CT molecular complexity index is 591. The average Bonchev–Trinajstić information content (AvgIpc) is 2.26. The zero-order chi connectivity index (χ0) is 13.8. The first-order chi connectivity index (χ1) is 9.02. The molecule has 0 spiro atoms. The summed E-state index contributed by atoms with van der Waals surface area (Å²) in [6, 6.07) is 11.8. The highest BCUT2D eigenvalue weighted by atomic mass is 35.5.